The quantitative estimate of drug-likeness (QED) is 0.188. The minimum Gasteiger partial charge on any atom is -1.00 e. The molecule has 0 unspecified atom stereocenters. The topological polar surface area (TPSA) is 0 Å². The van der Waals surface area contributed by atoms with Gasteiger partial charge in [-0.3, -0.25) is 0 Å². The van der Waals surface area contributed by atoms with Gasteiger partial charge >= 0.3 is 16.5 Å². The molecule has 0 aliphatic carbocycles. The monoisotopic (exact) mass is 661 g/mol. The molecule has 0 aliphatic heterocycles. The molecule has 0 nitrogen and oxygen atoms in total. The maximum atomic E-state index is 2.23. The molecule has 40 heavy (non-hydrogen) atoms. The molecule has 0 saturated carbocycles. The summed E-state index contributed by atoms with van der Waals surface area (Å²) in [6, 6.07) is 64.7. The molecule has 6 aromatic carbocycles. The van der Waals surface area contributed by atoms with Gasteiger partial charge in [-0.25, -0.2) is 0 Å². The number of hydrogen-bond acceptors (Lipinski definition) is 0. The van der Waals surface area contributed by atoms with E-state index < -0.39 is 15.8 Å². The first-order valence-electron chi connectivity index (χ1n) is 12.8. The van der Waals surface area contributed by atoms with E-state index in [-0.39, 0.29) is 33.5 Å². The zero-order chi connectivity index (χ0) is 25.8. The van der Waals surface area contributed by atoms with Gasteiger partial charge in [0.05, 0.1) is 0 Å². The molecule has 4 heteroatoms. The summed E-state index contributed by atoms with van der Waals surface area (Å²) in [6.45, 7) is 0. The SMILES string of the molecule is [Br-].[Ni+2].c1ccc(P(c2ccccc2)c2ccccc2)cc1.c1ccc(P(c2ccccc2)c2ccccc2)cc1. The Morgan fingerprint density at radius 1 is 0.225 bits per heavy atom. The fraction of sp³-hybridized carbons (Fsp3) is 0. The minimum absolute atomic E-state index is 0. The Morgan fingerprint density at radius 2 is 0.350 bits per heavy atom. The van der Waals surface area contributed by atoms with Gasteiger partial charge in [0.2, 0.25) is 0 Å². The molecular formula is C36H30BrNiP2+. The van der Waals surface area contributed by atoms with Gasteiger partial charge in [-0.15, -0.1) is 0 Å². The molecule has 0 aliphatic rings. The maximum absolute atomic E-state index is 2.23. The van der Waals surface area contributed by atoms with E-state index in [0.29, 0.717) is 0 Å². The van der Waals surface area contributed by atoms with Gasteiger partial charge < -0.3 is 17.0 Å². The summed E-state index contributed by atoms with van der Waals surface area (Å²) in [5, 5.41) is 8.39. The zero-order valence-corrected chi connectivity index (χ0v) is 26.3. The molecule has 0 aromatic heterocycles. The molecule has 6 aromatic rings. The third kappa shape index (κ3) is 8.57. The Balaban J connectivity index is 0.000000210. The van der Waals surface area contributed by atoms with Crippen LogP contribution in [0.5, 0.6) is 0 Å². The van der Waals surface area contributed by atoms with Crippen molar-refractivity contribution in [1.29, 1.82) is 0 Å². The average Bonchev–Trinajstić information content (AvgIpc) is 3.01. The molecule has 0 amide bonds. The van der Waals surface area contributed by atoms with Crippen molar-refractivity contribution < 1.29 is 33.5 Å². The van der Waals surface area contributed by atoms with E-state index in [4.69, 9.17) is 0 Å². The molecule has 0 fully saturated rings. The van der Waals surface area contributed by atoms with E-state index in [1.54, 1.807) is 0 Å². The van der Waals surface area contributed by atoms with E-state index >= 15 is 0 Å². The second kappa shape index (κ2) is 17.1. The third-order valence-corrected chi connectivity index (χ3v) is 11.0. The van der Waals surface area contributed by atoms with Crippen molar-refractivity contribution in [2.75, 3.05) is 0 Å². The van der Waals surface area contributed by atoms with Crippen molar-refractivity contribution in [2.45, 2.75) is 0 Å². The summed E-state index contributed by atoms with van der Waals surface area (Å²) < 4.78 is 0. The van der Waals surface area contributed by atoms with Crippen LogP contribution < -0.4 is 48.8 Å². The molecule has 0 N–H and O–H groups in total. The van der Waals surface area contributed by atoms with E-state index in [1.165, 1.54) is 31.8 Å². The molecule has 0 bridgehead atoms. The van der Waals surface area contributed by atoms with Crippen molar-refractivity contribution in [3.63, 3.8) is 0 Å². The molecule has 0 heterocycles. The molecule has 200 valence electrons. The van der Waals surface area contributed by atoms with Gasteiger partial charge in [0, 0.05) is 0 Å². The van der Waals surface area contributed by atoms with Gasteiger partial charge in [0.15, 0.2) is 0 Å². The van der Waals surface area contributed by atoms with Crippen LogP contribution in [0, 0.1) is 0 Å². The molecular weight excluding hydrogens is 633 g/mol. The van der Waals surface area contributed by atoms with Crippen molar-refractivity contribution in [2.24, 2.45) is 0 Å². The summed E-state index contributed by atoms with van der Waals surface area (Å²) in [6.07, 6.45) is 0. The smallest absolute Gasteiger partial charge is 1.00 e. The van der Waals surface area contributed by atoms with Gasteiger partial charge in [-0.2, -0.15) is 0 Å². The number of hydrogen-bond donors (Lipinski definition) is 0. The van der Waals surface area contributed by atoms with Gasteiger partial charge in [-0.1, -0.05) is 182 Å². The molecule has 0 atom stereocenters. The van der Waals surface area contributed by atoms with Crippen LogP contribution in [0.1, 0.15) is 0 Å². The van der Waals surface area contributed by atoms with Gasteiger partial charge in [-0.05, 0) is 47.7 Å². The molecule has 0 radical (unpaired) electrons. The van der Waals surface area contributed by atoms with Crippen molar-refractivity contribution in [1.82, 2.24) is 0 Å². The largest absolute Gasteiger partial charge is 2.00 e. The van der Waals surface area contributed by atoms with Crippen molar-refractivity contribution in [3.8, 4) is 0 Å². The number of rotatable bonds is 6. The third-order valence-electron chi connectivity index (χ3n) is 6.09. The first kappa shape index (κ1) is 31.7. The average molecular weight is 663 g/mol. The number of benzene rings is 6. The van der Waals surface area contributed by atoms with Crippen LogP contribution >= 0.6 is 15.8 Å². The first-order valence-corrected chi connectivity index (χ1v) is 15.5. The normalized spacial score (nSPS) is 10.1. The fourth-order valence-electron chi connectivity index (χ4n) is 4.36. The summed E-state index contributed by atoms with van der Waals surface area (Å²) in [7, 11) is -0.892. The van der Waals surface area contributed by atoms with Crippen LogP contribution in [0.4, 0.5) is 0 Å². The number of halogens is 1. The summed E-state index contributed by atoms with van der Waals surface area (Å²) in [5.41, 5.74) is 0. The Kier molecular flexibility index (Phi) is 13.5. The summed E-state index contributed by atoms with van der Waals surface area (Å²) in [5.74, 6) is 0. The van der Waals surface area contributed by atoms with E-state index in [1.807, 2.05) is 0 Å². The summed E-state index contributed by atoms with van der Waals surface area (Å²) >= 11 is 0. The second-order valence-corrected chi connectivity index (χ2v) is 13.1. The Labute approximate surface area is 261 Å². The fourth-order valence-corrected chi connectivity index (χ4v) is 8.97. The van der Waals surface area contributed by atoms with Crippen LogP contribution in [0.25, 0.3) is 0 Å². The molecule has 0 spiro atoms. The van der Waals surface area contributed by atoms with Gasteiger partial charge in [0.25, 0.3) is 0 Å². The van der Waals surface area contributed by atoms with E-state index in [2.05, 4.69) is 182 Å². The van der Waals surface area contributed by atoms with Crippen LogP contribution in [0.2, 0.25) is 0 Å². The van der Waals surface area contributed by atoms with E-state index in [0.717, 1.165) is 0 Å². The minimum atomic E-state index is -0.446. The van der Waals surface area contributed by atoms with Gasteiger partial charge in [0.1, 0.15) is 0 Å². The van der Waals surface area contributed by atoms with Crippen LogP contribution in [0.3, 0.4) is 0 Å². The second-order valence-electron chi connectivity index (χ2n) is 8.68. The van der Waals surface area contributed by atoms with E-state index in [9.17, 15) is 0 Å². The van der Waals surface area contributed by atoms with Crippen molar-refractivity contribution >= 4 is 47.7 Å². The zero-order valence-electron chi connectivity index (χ0n) is 21.9. The Morgan fingerprint density at radius 3 is 0.475 bits per heavy atom. The predicted molar refractivity (Wildman–Crippen MR) is 170 cm³/mol. The molecule has 0 saturated heterocycles. The van der Waals surface area contributed by atoms with Crippen LogP contribution in [-0.2, 0) is 16.5 Å². The predicted octanol–water partition coefficient (Wildman–Crippen LogP) is 3.89. The first-order chi connectivity index (χ1) is 18.9. The Bertz CT molecular complexity index is 1180. The van der Waals surface area contributed by atoms with Crippen molar-refractivity contribution in [3.05, 3.63) is 182 Å². The summed E-state index contributed by atoms with van der Waals surface area (Å²) in [4.78, 5) is 0. The standard InChI is InChI=1S/2C18H15P.BrH.Ni/c2*1-4-10-16(11-5-1)19(17-12-6-2-7-13-17)18-14-8-3-9-15-18;;/h2*1-15H;1H;/q;;;+2/p-1. The molecule has 6 rings (SSSR count). The maximum Gasteiger partial charge on any atom is 2.00 e. The Hall–Kier alpha value is -2.85. The van der Waals surface area contributed by atoms with Crippen LogP contribution in [0.15, 0.2) is 182 Å². The van der Waals surface area contributed by atoms with Crippen LogP contribution in [-0.4, -0.2) is 0 Å².